The molecule has 0 nitrogen and oxygen atoms in total. The summed E-state index contributed by atoms with van der Waals surface area (Å²) in [6, 6.07) is 3.44. The van der Waals surface area contributed by atoms with E-state index in [0.29, 0.717) is 23.5 Å². The van der Waals surface area contributed by atoms with Crippen LogP contribution < -0.4 is 0 Å². The number of rotatable bonds is 6. The van der Waals surface area contributed by atoms with E-state index in [1.54, 1.807) is 19.1 Å². The SMILES string of the molecule is CCCC1CCC(C2C=CC(CCc3ccc(C)c(F)c3F)CC2)CC1. The first-order valence-corrected chi connectivity index (χ1v) is 10.7. The van der Waals surface area contributed by atoms with Gasteiger partial charge < -0.3 is 0 Å². The second kappa shape index (κ2) is 9.15. The summed E-state index contributed by atoms with van der Waals surface area (Å²) in [6.07, 6.45) is 17.2. The van der Waals surface area contributed by atoms with E-state index in [4.69, 9.17) is 0 Å². The molecule has 0 heterocycles. The van der Waals surface area contributed by atoms with Crippen LogP contribution in [-0.2, 0) is 6.42 Å². The summed E-state index contributed by atoms with van der Waals surface area (Å²) in [5.74, 6) is 1.80. The van der Waals surface area contributed by atoms with Crippen molar-refractivity contribution in [1.82, 2.24) is 0 Å². The van der Waals surface area contributed by atoms with Crippen LogP contribution in [0.15, 0.2) is 24.3 Å². The fourth-order valence-electron chi connectivity index (χ4n) is 5.07. The monoisotopic (exact) mass is 360 g/mol. The van der Waals surface area contributed by atoms with Gasteiger partial charge in [0.25, 0.3) is 0 Å². The Morgan fingerprint density at radius 1 is 0.885 bits per heavy atom. The summed E-state index contributed by atoms with van der Waals surface area (Å²) in [6.45, 7) is 3.91. The lowest BCUT2D eigenvalue weighted by molar-refractivity contribution is 0.204. The zero-order valence-electron chi connectivity index (χ0n) is 16.4. The lowest BCUT2D eigenvalue weighted by Gasteiger charge is -2.35. The maximum atomic E-state index is 14.0. The maximum Gasteiger partial charge on any atom is 0.162 e. The summed E-state index contributed by atoms with van der Waals surface area (Å²) in [7, 11) is 0. The predicted octanol–water partition coefficient (Wildman–Crippen LogP) is 7.39. The van der Waals surface area contributed by atoms with Crippen LogP contribution in [0.1, 0.15) is 75.8 Å². The first-order valence-electron chi connectivity index (χ1n) is 10.7. The van der Waals surface area contributed by atoms with Crippen molar-refractivity contribution in [3.8, 4) is 0 Å². The van der Waals surface area contributed by atoms with Gasteiger partial charge in [-0.05, 0) is 80.2 Å². The first kappa shape index (κ1) is 19.6. The summed E-state index contributed by atoms with van der Waals surface area (Å²) in [5, 5.41) is 0. The van der Waals surface area contributed by atoms with E-state index in [1.807, 2.05) is 0 Å². The number of allylic oxidation sites excluding steroid dienone is 2. The smallest absolute Gasteiger partial charge is 0.162 e. The van der Waals surface area contributed by atoms with Crippen molar-refractivity contribution in [2.24, 2.45) is 23.7 Å². The van der Waals surface area contributed by atoms with Gasteiger partial charge in [-0.3, -0.25) is 0 Å². The number of aryl methyl sites for hydroxylation is 2. The highest BCUT2D eigenvalue weighted by Gasteiger charge is 2.28. The zero-order valence-corrected chi connectivity index (χ0v) is 16.4. The highest BCUT2D eigenvalue weighted by molar-refractivity contribution is 5.25. The molecule has 1 fully saturated rings. The number of hydrogen-bond acceptors (Lipinski definition) is 0. The Morgan fingerprint density at radius 3 is 2.31 bits per heavy atom. The van der Waals surface area contributed by atoms with E-state index in [-0.39, 0.29) is 0 Å². The van der Waals surface area contributed by atoms with Crippen LogP contribution in [0, 0.1) is 42.2 Å². The molecule has 1 saturated carbocycles. The molecule has 0 aromatic heterocycles. The zero-order chi connectivity index (χ0) is 18.5. The van der Waals surface area contributed by atoms with Gasteiger partial charge in [-0.1, -0.05) is 56.9 Å². The molecule has 0 aliphatic heterocycles. The fraction of sp³-hybridized carbons (Fsp3) is 0.667. The number of halogens is 2. The predicted molar refractivity (Wildman–Crippen MR) is 105 cm³/mol. The van der Waals surface area contributed by atoms with Gasteiger partial charge in [-0.2, -0.15) is 0 Å². The Bertz CT molecular complexity index is 611. The molecule has 2 unspecified atom stereocenters. The fourth-order valence-corrected chi connectivity index (χ4v) is 5.07. The van der Waals surface area contributed by atoms with Crippen LogP contribution >= 0.6 is 0 Å². The topological polar surface area (TPSA) is 0 Å². The van der Waals surface area contributed by atoms with Gasteiger partial charge in [0, 0.05) is 0 Å². The minimum atomic E-state index is -0.680. The van der Waals surface area contributed by atoms with Crippen molar-refractivity contribution in [3.63, 3.8) is 0 Å². The summed E-state index contributed by atoms with van der Waals surface area (Å²) in [4.78, 5) is 0. The van der Waals surface area contributed by atoms with Gasteiger partial charge >= 0.3 is 0 Å². The number of benzene rings is 1. The van der Waals surface area contributed by atoms with Crippen molar-refractivity contribution >= 4 is 0 Å². The van der Waals surface area contributed by atoms with Crippen molar-refractivity contribution in [1.29, 1.82) is 0 Å². The highest BCUT2D eigenvalue weighted by atomic mass is 19.2. The lowest BCUT2D eigenvalue weighted by Crippen LogP contribution is -2.23. The van der Waals surface area contributed by atoms with Crippen LogP contribution in [0.2, 0.25) is 0 Å². The third-order valence-electron chi connectivity index (χ3n) is 6.83. The Balaban J connectivity index is 1.47. The number of hydrogen-bond donors (Lipinski definition) is 0. The van der Waals surface area contributed by atoms with Gasteiger partial charge in [0.15, 0.2) is 11.6 Å². The van der Waals surface area contributed by atoms with Gasteiger partial charge in [0.2, 0.25) is 0 Å². The van der Waals surface area contributed by atoms with E-state index in [9.17, 15) is 8.78 Å². The molecular formula is C24H34F2. The summed E-state index contributed by atoms with van der Waals surface area (Å²) >= 11 is 0. The average molecular weight is 361 g/mol. The van der Waals surface area contributed by atoms with Gasteiger partial charge in [-0.25, -0.2) is 8.78 Å². The Labute approximate surface area is 158 Å². The quantitative estimate of drug-likeness (QED) is 0.464. The summed E-state index contributed by atoms with van der Waals surface area (Å²) in [5.41, 5.74) is 0.915. The van der Waals surface area contributed by atoms with Crippen LogP contribution in [0.25, 0.3) is 0 Å². The summed E-state index contributed by atoms with van der Waals surface area (Å²) < 4.78 is 27.7. The molecule has 0 N–H and O–H groups in total. The molecule has 0 amide bonds. The van der Waals surface area contributed by atoms with E-state index < -0.39 is 11.6 Å². The molecule has 1 aromatic carbocycles. The Kier molecular flexibility index (Phi) is 6.89. The molecular weight excluding hydrogens is 326 g/mol. The molecule has 0 bridgehead atoms. The Morgan fingerprint density at radius 2 is 1.65 bits per heavy atom. The molecule has 3 rings (SSSR count). The van der Waals surface area contributed by atoms with E-state index in [0.717, 1.165) is 24.2 Å². The minimum Gasteiger partial charge on any atom is -0.203 e. The minimum absolute atomic E-state index is 0.389. The van der Waals surface area contributed by atoms with Crippen LogP contribution in [0.5, 0.6) is 0 Å². The average Bonchev–Trinajstić information content (AvgIpc) is 2.67. The van der Waals surface area contributed by atoms with Gasteiger partial charge in [0.05, 0.1) is 0 Å². The third-order valence-corrected chi connectivity index (χ3v) is 6.83. The molecule has 2 aliphatic carbocycles. The van der Waals surface area contributed by atoms with Crippen molar-refractivity contribution in [2.75, 3.05) is 0 Å². The van der Waals surface area contributed by atoms with Crippen LogP contribution in [0.4, 0.5) is 8.78 Å². The normalized spacial score (nSPS) is 29.1. The van der Waals surface area contributed by atoms with Gasteiger partial charge in [0.1, 0.15) is 0 Å². The van der Waals surface area contributed by atoms with E-state index >= 15 is 0 Å². The van der Waals surface area contributed by atoms with Gasteiger partial charge in [-0.15, -0.1) is 0 Å². The highest BCUT2D eigenvalue weighted by Crippen LogP contribution is 2.40. The van der Waals surface area contributed by atoms with E-state index in [2.05, 4.69) is 19.1 Å². The molecule has 26 heavy (non-hydrogen) atoms. The van der Waals surface area contributed by atoms with Crippen LogP contribution in [-0.4, -0.2) is 0 Å². The second-order valence-electron chi connectivity index (χ2n) is 8.66. The maximum absolute atomic E-state index is 14.0. The van der Waals surface area contributed by atoms with Crippen molar-refractivity contribution in [3.05, 3.63) is 47.0 Å². The molecule has 2 atom stereocenters. The molecule has 1 aromatic rings. The first-order chi connectivity index (χ1) is 12.6. The van der Waals surface area contributed by atoms with Crippen molar-refractivity contribution < 1.29 is 8.78 Å². The van der Waals surface area contributed by atoms with E-state index in [1.165, 1.54) is 51.4 Å². The molecule has 0 saturated heterocycles. The second-order valence-corrected chi connectivity index (χ2v) is 8.66. The molecule has 0 radical (unpaired) electrons. The standard InChI is InChI=1S/C24H34F2/c1-3-4-18-6-12-20(13-7-18)21-14-8-19(9-15-21)10-16-22-11-5-17(2)23(25)24(22)26/h5,8,11,14,18-21H,3-4,6-7,9-10,12-13,15-16H2,1-2H3. The Hall–Kier alpha value is -1.18. The molecule has 2 aliphatic rings. The molecule has 0 spiro atoms. The van der Waals surface area contributed by atoms with Crippen molar-refractivity contribution in [2.45, 2.75) is 78.1 Å². The molecule has 2 heteroatoms. The third kappa shape index (κ3) is 4.75. The van der Waals surface area contributed by atoms with Crippen LogP contribution in [0.3, 0.4) is 0 Å². The lowest BCUT2D eigenvalue weighted by atomic mass is 9.71. The largest absolute Gasteiger partial charge is 0.203 e. The molecule has 144 valence electrons.